The Bertz CT molecular complexity index is 747. The molecule has 0 aliphatic carbocycles. The zero-order valence-electron chi connectivity index (χ0n) is 16.9. The number of likely N-dealkylation sites (tertiary alicyclic amines) is 1. The quantitative estimate of drug-likeness (QED) is 0.500. The largest absolute Gasteiger partial charge is 0.393 e. The first-order valence-corrected chi connectivity index (χ1v) is 10.1. The van der Waals surface area contributed by atoms with E-state index >= 15 is 0 Å². The van der Waals surface area contributed by atoms with Crippen LogP contribution >= 0.6 is 0 Å². The Morgan fingerprint density at radius 1 is 1.14 bits per heavy atom. The molecule has 0 spiro atoms. The smallest absolute Gasteiger partial charge is 0.191 e. The van der Waals surface area contributed by atoms with Crippen LogP contribution in [0, 0.1) is 0 Å². The van der Waals surface area contributed by atoms with Gasteiger partial charge in [-0.3, -0.25) is 9.58 Å². The third kappa shape index (κ3) is 6.07. The number of aliphatic hydroxyl groups is 1. The lowest BCUT2D eigenvalue weighted by atomic mass is 10.1. The molecular weight excluding hydrogens is 352 g/mol. The molecule has 1 aromatic carbocycles. The predicted molar refractivity (Wildman–Crippen MR) is 112 cm³/mol. The lowest BCUT2D eigenvalue weighted by Crippen LogP contribution is -2.37. The van der Waals surface area contributed by atoms with Crippen LogP contribution in [0.1, 0.15) is 36.6 Å². The average Bonchev–Trinajstić information content (AvgIpc) is 3.12. The van der Waals surface area contributed by atoms with Gasteiger partial charge in [0, 0.05) is 39.4 Å². The van der Waals surface area contributed by atoms with Crippen LogP contribution in [0.15, 0.2) is 41.5 Å². The number of aliphatic imine (C=N–C) groups is 1. The molecule has 1 aliphatic heterocycles. The van der Waals surface area contributed by atoms with Gasteiger partial charge in [-0.2, -0.15) is 5.10 Å². The Morgan fingerprint density at radius 2 is 1.86 bits per heavy atom. The number of rotatable bonds is 7. The van der Waals surface area contributed by atoms with Gasteiger partial charge in [0.1, 0.15) is 0 Å². The van der Waals surface area contributed by atoms with Crippen LogP contribution in [0.25, 0.3) is 0 Å². The average molecular weight is 385 g/mol. The molecular formula is C21H32N6O. The Labute approximate surface area is 167 Å². The number of aliphatic hydroxyl groups excluding tert-OH is 1. The van der Waals surface area contributed by atoms with Crippen LogP contribution in [0.3, 0.4) is 0 Å². The van der Waals surface area contributed by atoms with Crippen molar-refractivity contribution in [2.24, 2.45) is 12.0 Å². The van der Waals surface area contributed by atoms with Gasteiger partial charge in [-0.25, -0.2) is 4.99 Å². The summed E-state index contributed by atoms with van der Waals surface area (Å²) in [4.78, 5) is 7.10. The summed E-state index contributed by atoms with van der Waals surface area (Å²) in [6, 6.07) is 10.7. The summed E-state index contributed by atoms with van der Waals surface area (Å²) in [7, 11) is 1.94. The minimum Gasteiger partial charge on any atom is -0.393 e. The van der Waals surface area contributed by atoms with Gasteiger partial charge in [-0.1, -0.05) is 24.3 Å². The van der Waals surface area contributed by atoms with Crippen molar-refractivity contribution < 1.29 is 5.11 Å². The molecule has 7 nitrogen and oxygen atoms in total. The maximum Gasteiger partial charge on any atom is 0.191 e. The van der Waals surface area contributed by atoms with Crippen molar-refractivity contribution >= 4 is 5.96 Å². The van der Waals surface area contributed by atoms with E-state index < -0.39 is 0 Å². The molecule has 0 radical (unpaired) electrons. The van der Waals surface area contributed by atoms with Crippen LogP contribution in [-0.2, 0) is 26.7 Å². The number of benzene rings is 1. The van der Waals surface area contributed by atoms with Crippen molar-refractivity contribution in [2.45, 2.75) is 45.5 Å². The molecule has 152 valence electrons. The van der Waals surface area contributed by atoms with Gasteiger partial charge in [-0.05, 0) is 37.0 Å². The van der Waals surface area contributed by atoms with E-state index in [2.05, 4.69) is 51.8 Å². The first kappa shape index (κ1) is 20.4. The number of hydrogen-bond donors (Lipinski definition) is 3. The van der Waals surface area contributed by atoms with Gasteiger partial charge in [0.2, 0.25) is 0 Å². The molecule has 0 unspecified atom stereocenters. The highest BCUT2D eigenvalue weighted by atomic mass is 16.3. The minimum absolute atomic E-state index is 0.117. The summed E-state index contributed by atoms with van der Waals surface area (Å²) in [5.41, 5.74) is 3.61. The second kappa shape index (κ2) is 10.2. The SMILES string of the molecule is CCNC(=NCc1ccc(CN2CCC(O)CC2)cc1)NCc1ccnn1C. The molecule has 3 rings (SSSR count). The number of guanidine groups is 1. The zero-order valence-corrected chi connectivity index (χ0v) is 16.9. The van der Waals surface area contributed by atoms with E-state index in [1.165, 1.54) is 11.1 Å². The van der Waals surface area contributed by atoms with E-state index in [1.807, 2.05) is 17.8 Å². The van der Waals surface area contributed by atoms with E-state index in [9.17, 15) is 5.11 Å². The van der Waals surface area contributed by atoms with Gasteiger partial charge in [0.05, 0.1) is 24.9 Å². The third-order valence-corrected chi connectivity index (χ3v) is 5.11. The van der Waals surface area contributed by atoms with Crippen LogP contribution < -0.4 is 10.6 Å². The van der Waals surface area contributed by atoms with E-state index in [1.54, 1.807) is 6.20 Å². The van der Waals surface area contributed by atoms with E-state index in [0.29, 0.717) is 13.1 Å². The normalized spacial score (nSPS) is 16.3. The lowest BCUT2D eigenvalue weighted by molar-refractivity contribution is 0.0792. The molecule has 1 fully saturated rings. The first-order valence-electron chi connectivity index (χ1n) is 10.1. The van der Waals surface area contributed by atoms with Gasteiger partial charge in [0.25, 0.3) is 0 Å². The van der Waals surface area contributed by atoms with Crippen molar-refractivity contribution in [1.29, 1.82) is 0 Å². The highest BCUT2D eigenvalue weighted by Crippen LogP contribution is 2.14. The number of piperidine rings is 1. The van der Waals surface area contributed by atoms with Gasteiger partial charge >= 0.3 is 0 Å². The molecule has 0 amide bonds. The second-order valence-electron chi connectivity index (χ2n) is 7.32. The molecule has 28 heavy (non-hydrogen) atoms. The first-order chi connectivity index (χ1) is 13.6. The molecule has 2 aromatic rings. The summed E-state index contributed by atoms with van der Waals surface area (Å²) >= 11 is 0. The zero-order chi connectivity index (χ0) is 19.8. The number of nitrogens with one attached hydrogen (secondary N) is 2. The predicted octanol–water partition coefficient (Wildman–Crippen LogP) is 1.63. The van der Waals surface area contributed by atoms with Crippen molar-refractivity contribution in [3.8, 4) is 0 Å². The second-order valence-corrected chi connectivity index (χ2v) is 7.32. The van der Waals surface area contributed by atoms with Gasteiger partial charge < -0.3 is 15.7 Å². The topological polar surface area (TPSA) is 77.7 Å². The highest BCUT2D eigenvalue weighted by Gasteiger charge is 2.16. The van der Waals surface area contributed by atoms with Crippen molar-refractivity contribution in [1.82, 2.24) is 25.3 Å². The van der Waals surface area contributed by atoms with Gasteiger partial charge in [-0.15, -0.1) is 0 Å². The fraction of sp³-hybridized carbons (Fsp3) is 0.524. The molecule has 0 atom stereocenters. The third-order valence-electron chi connectivity index (χ3n) is 5.11. The Hall–Kier alpha value is -2.38. The molecule has 7 heteroatoms. The Kier molecular flexibility index (Phi) is 7.45. The summed E-state index contributed by atoms with van der Waals surface area (Å²) in [6.07, 6.45) is 3.45. The van der Waals surface area contributed by atoms with Gasteiger partial charge in [0.15, 0.2) is 5.96 Å². The molecule has 0 saturated carbocycles. The van der Waals surface area contributed by atoms with E-state index in [0.717, 1.165) is 50.7 Å². The summed E-state index contributed by atoms with van der Waals surface area (Å²) in [5.74, 6) is 0.805. The fourth-order valence-electron chi connectivity index (χ4n) is 3.35. The lowest BCUT2D eigenvalue weighted by Gasteiger charge is -2.29. The molecule has 1 aliphatic rings. The Balaban J connectivity index is 1.51. The molecule has 1 aromatic heterocycles. The minimum atomic E-state index is -0.117. The van der Waals surface area contributed by atoms with Crippen molar-refractivity contribution in [3.05, 3.63) is 53.3 Å². The maximum atomic E-state index is 9.62. The number of nitrogens with zero attached hydrogens (tertiary/aromatic N) is 4. The van der Waals surface area contributed by atoms with Crippen LogP contribution in [0.5, 0.6) is 0 Å². The molecule has 2 heterocycles. The summed E-state index contributed by atoms with van der Waals surface area (Å²) in [5, 5.41) is 20.5. The number of aryl methyl sites for hydroxylation is 1. The monoisotopic (exact) mass is 384 g/mol. The van der Waals surface area contributed by atoms with Crippen LogP contribution in [0.2, 0.25) is 0 Å². The summed E-state index contributed by atoms with van der Waals surface area (Å²) in [6.45, 7) is 7.10. The maximum absolute atomic E-state index is 9.62. The molecule has 3 N–H and O–H groups in total. The molecule has 1 saturated heterocycles. The highest BCUT2D eigenvalue weighted by molar-refractivity contribution is 5.79. The van der Waals surface area contributed by atoms with E-state index in [-0.39, 0.29) is 6.10 Å². The van der Waals surface area contributed by atoms with Crippen LogP contribution in [0.4, 0.5) is 0 Å². The number of aromatic nitrogens is 2. The Morgan fingerprint density at radius 3 is 2.50 bits per heavy atom. The molecule has 0 bridgehead atoms. The van der Waals surface area contributed by atoms with Crippen molar-refractivity contribution in [2.75, 3.05) is 19.6 Å². The number of hydrogen-bond acceptors (Lipinski definition) is 4. The summed E-state index contributed by atoms with van der Waals surface area (Å²) < 4.78 is 1.86. The van der Waals surface area contributed by atoms with Crippen molar-refractivity contribution in [3.63, 3.8) is 0 Å². The van der Waals surface area contributed by atoms with E-state index in [4.69, 9.17) is 4.99 Å². The standard InChI is InChI=1S/C21H32N6O/c1-3-22-21(24-15-19-8-11-25-26(19)2)23-14-17-4-6-18(7-5-17)16-27-12-9-20(28)10-13-27/h4-8,11,20,28H,3,9-10,12-16H2,1-2H3,(H2,22,23,24). The van der Waals surface area contributed by atoms with Crippen LogP contribution in [-0.4, -0.2) is 51.5 Å². The fourth-order valence-corrected chi connectivity index (χ4v) is 3.35.